The van der Waals surface area contributed by atoms with E-state index in [9.17, 15) is 23.1 Å². The lowest BCUT2D eigenvalue weighted by atomic mass is 9.96. The number of nitrogens with zero attached hydrogens (tertiary/aromatic N) is 1. The molecular weight excluding hydrogens is 405 g/mol. The van der Waals surface area contributed by atoms with Gasteiger partial charge in [-0.25, -0.2) is 0 Å². The summed E-state index contributed by atoms with van der Waals surface area (Å²) in [5, 5.41) is 14.4. The van der Waals surface area contributed by atoms with Gasteiger partial charge in [-0.05, 0) is 35.9 Å². The summed E-state index contributed by atoms with van der Waals surface area (Å²) in [6.07, 6.45) is -2.92. The monoisotopic (exact) mass is 422 g/mol. The van der Waals surface area contributed by atoms with Crippen molar-refractivity contribution >= 4 is 16.8 Å². The van der Waals surface area contributed by atoms with Crippen molar-refractivity contribution in [1.29, 1.82) is 0 Å². The molecule has 1 atom stereocenters. The average Bonchev–Trinajstić information content (AvgIpc) is 2.78. The number of hydrogen-bond acceptors (Lipinski definition) is 3. The molecule has 3 aromatic carbocycles. The number of halogens is 3. The Morgan fingerprint density at radius 3 is 2.29 bits per heavy atom. The van der Waals surface area contributed by atoms with E-state index in [0.717, 1.165) is 29.7 Å². The number of carbonyl (C=O) groups is 1. The number of hydrogen-bond donors (Lipinski definition) is 2. The fourth-order valence-electron chi connectivity index (χ4n) is 3.39. The maximum absolute atomic E-state index is 12.8. The highest BCUT2D eigenvalue weighted by atomic mass is 19.4. The van der Waals surface area contributed by atoms with E-state index in [0.29, 0.717) is 16.6 Å². The maximum Gasteiger partial charge on any atom is 0.416 e. The minimum Gasteiger partial charge on any atom is -0.505 e. The summed E-state index contributed by atoms with van der Waals surface area (Å²) >= 11 is 0. The summed E-state index contributed by atoms with van der Waals surface area (Å²) < 4.78 is 38.4. The molecular formula is C24H17F3N2O2. The minimum atomic E-state index is -4.48. The number of pyridine rings is 1. The quantitative estimate of drug-likeness (QED) is 0.458. The number of carbonyl (C=O) groups excluding carboxylic acids is 1. The fraction of sp³-hybridized carbons (Fsp3) is 0.0833. The van der Waals surface area contributed by atoms with Gasteiger partial charge in [0.25, 0.3) is 5.91 Å². The van der Waals surface area contributed by atoms with Gasteiger partial charge in [0.2, 0.25) is 0 Å². The van der Waals surface area contributed by atoms with Crippen molar-refractivity contribution in [3.8, 4) is 5.75 Å². The van der Waals surface area contributed by atoms with Crippen LogP contribution < -0.4 is 5.32 Å². The first-order valence-electron chi connectivity index (χ1n) is 9.44. The number of amides is 1. The van der Waals surface area contributed by atoms with Crippen LogP contribution in [-0.4, -0.2) is 16.0 Å². The summed E-state index contributed by atoms with van der Waals surface area (Å²) in [6.45, 7) is 0. The number of rotatable bonds is 4. The van der Waals surface area contributed by atoms with E-state index in [1.54, 1.807) is 48.7 Å². The average molecular weight is 422 g/mol. The van der Waals surface area contributed by atoms with E-state index in [1.165, 1.54) is 0 Å². The molecule has 1 unspecified atom stereocenters. The Labute approximate surface area is 176 Å². The van der Waals surface area contributed by atoms with E-state index in [2.05, 4.69) is 10.3 Å². The van der Waals surface area contributed by atoms with Gasteiger partial charge in [-0.15, -0.1) is 0 Å². The number of phenols is 1. The summed E-state index contributed by atoms with van der Waals surface area (Å²) in [7, 11) is 0. The van der Waals surface area contributed by atoms with Crippen LogP contribution in [0.3, 0.4) is 0 Å². The molecule has 1 aromatic heterocycles. The predicted octanol–water partition coefficient (Wildman–Crippen LogP) is 5.48. The van der Waals surface area contributed by atoms with Gasteiger partial charge in [0, 0.05) is 22.7 Å². The third-order valence-corrected chi connectivity index (χ3v) is 4.97. The van der Waals surface area contributed by atoms with Crippen molar-refractivity contribution in [3.63, 3.8) is 0 Å². The lowest BCUT2D eigenvalue weighted by molar-refractivity contribution is -0.137. The zero-order chi connectivity index (χ0) is 22.0. The van der Waals surface area contributed by atoms with Crippen LogP contribution >= 0.6 is 0 Å². The Kier molecular flexibility index (Phi) is 5.33. The van der Waals surface area contributed by atoms with E-state index in [4.69, 9.17) is 0 Å². The molecule has 7 heteroatoms. The van der Waals surface area contributed by atoms with E-state index >= 15 is 0 Å². The van der Waals surface area contributed by atoms with Gasteiger partial charge < -0.3 is 10.4 Å². The molecule has 31 heavy (non-hydrogen) atoms. The van der Waals surface area contributed by atoms with Crippen LogP contribution in [-0.2, 0) is 6.18 Å². The first-order valence-corrected chi connectivity index (χ1v) is 9.44. The number of aromatic hydroxyl groups is 1. The largest absolute Gasteiger partial charge is 0.505 e. The Morgan fingerprint density at radius 1 is 0.903 bits per heavy atom. The Bertz CT molecular complexity index is 1220. The molecule has 0 aliphatic rings. The standard InChI is InChI=1S/C24H17F3N2O2/c25-24(26,27)18-11-8-17(9-12-18)23(31)29-20(15-5-2-1-3-6-15)19-13-10-16-7-4-14-28-21(16)22(19)30/h1-14,20,30H,(H,29,31). The molecule has 0 saturated heterocycles. The Balaban J connectivity index is 1.72. The van der Waals surface area contributed by atoms with E-state index < -0.39 is 23.7 Å². The zero-order valence-corrected chi connectivity index (χ0v) is 16.1. The third-order valence-electron chi connectivity index (χ3n) is 4.97. The SMILES string of the molecule is O=C(NC(c1ccccc1)c1ccc2cccnc2c1O)c1ccc(C(F)(F)F)cc1. The highest BCUT2D eigenvalue weighted by Crippen LogP contribution is 2.35. The molecule has 4 nitrogen and oxygen atoms in total. The number of benzene rings is 3. The molecule has 2 N–H and O–H groups in total. The smallest absolute Gasteiger partial charge is 0.416 e. The molecule has 1 amide bonds. The van der Waals surface area contributed by atoms with Gasteiger partial charge in [0.15, 0.2) is 0 Å². The normalized spacial score (nSPS) is 12.5. The van der Waals surface area contributed by atoms with Crippen LogP contribution in [0.15, 0.2) is 85.1 Å². The van der Waals surface area contributed by atoms with Crippen LogP contribution in [0.2, 0.25) is 0 Å². The van der Waals surface area contributed by atoms with Crippen molar-refractivity contribution in [1.82, 2.24) is 10.3 Å². The van der Waals surface area contributed by atoms with E-state index in [1.807, 2.05) is 12.1 Å². The maximum atomic E-state index is 12.8. The molecule has 0 bridgehead atoms. The topological polar surface area (TPSA) is 62.2 Å². The van der Waals surface area contributed by atoms with Crippen molar-refractivity contribution in [2.45, 2.75) is 12.2 Å². The molecule has 1 heterocycles. The lowest BCUT2D eigenvalue weighted by Gasteiger charge is -2.21. The predicted molar refractivity (Wildman–Crippen MR) is 111 cm³/mol. The third kappa shape index (κ3) is 4.21. The molecule has 0 aliphatic heterocycles. The number of phenolic OH excluding ortho intramolecular Hbond substituents is 1. The number of alkyl halides is 3. The van der Waals surface area contributed by atoms with E-state index in [-0.39, 0.29) is 11.3 Å². The van der Waals surface area contributed by atoms with Crippen molar-refractivity contribution in [2.75, 3.05) is 0 Å². The van der Waals surface area contributed by atoms with Gasteiger partial charge in [-0.2, -0.15) is 13.2 Å². The molecule has 4 aromatic rings. The van der Waals surface area contributed by atoms with Gasteiger partial charge in [-0.3, -0.25) is 9.78 Å². The van der Waals surface area contributed by atoms with Crippen LogP contribution in [0.5, 0.6) is 5.75 Å². The number of aromatic nitrogens is 1. The van der Waals surface area contributed by atoms with Gasteiger partial charge in [-0.1, -0.05) is 48.5 Å². The second kappa shape index (κ2) is 8.10. The zero-order valence-electron chi connectivity index (χ0n) is 16.1. The summed E-state index contributed by atoms with van der Waals surface area (Å²) in [5.41, 5.74) is 0.768. The minimum absolute atomic E-state index is 0.0697. The van der Waals surface area contributed by atoms with Gasteiger partial charge >= 0.3 is 6.18 Å². The molecule has 0 aliphatic carbocycles. The molecule has 0 spiro atoms. The van der Waals surface area contributed by atoms with Crippen LogP contribution in [0.25, 0.3) is 10.9 Å². The van der Waals surface area contributed by atoms with Crippen LogP contribution in [0.1, 0.15) is 33.1 Å². The molecule has 4 rings (SSSR count). The van der Waals surface area contributed by atoms with Gasteiger partial charge in [0.05, 0.1) is 11.6 Å². The second-order valence-corrected chi connectivity index (χ2v) is 6.97. The number of fused-ring (bicyclic) bond motifs is 1. The summed E-state index contributed by atoms with van der Waals surface area (Å²) in [4.78, 5) is 17.1. The first-order chi connectivity index (χ1) is 14.8. The summed E-state index contributed by atoms with van der Waals surface area (Å²) in [5.74, 6) is -0.636. The number of nitrogens with one attached hydrogen (secondary N) is 1. The van der Waals surface area contributed by atoms with Crippen molar-refractivity contribution < 1.29 is 23.1 Å². The summed E-state index contributed by atoms with van der Waals surface area (Å²) in [6, 6.07) is 19.3. The molecule has 156 valence electrons. The molecule has 0 fully saturated rings. The Hall–Kier alpha value is -3.87. The fourth-order valence-corrected chi connectivity index (χ4v) is 3.39. The highest BCUT2D eigenvalue weighted by molar-refractivity contribution is 5.95. The second-order valence-electron chi connectivity index (χ2n) is 6.97. The van der Waals surface area contributed by atoms with Crippen molar-refractivity contribution in [2.24, 2.45) is 0 Å². The molecule has 0 radical (unpaired) electrons. The van der Waals surface area contributed by atoms with Crippen LogP contribution in [0.4, 0.5) is 13.2 Å². The van der Waals surface area contributed by atoms with Crippen molar-refractivity contribution in [3.05, 3.63) is 107 Å². The highest BCUT2D eigenvalue weighted by Gasteiger charge is 2.30. The van der Waals surface area contributed by atoms with Gasteiger partial charge in [0.1, 0.15) is 11.3 Å². The lowest BCUT2D eigenvalue weighted by Crippen LogP contribution is -2.29. The van der Waals surface area contributed by atoms with Crippen LogP contribution in [0, 0.1) is 0 Å². The molecule has 0 saturated carbocycles. The Morgan fingerprint density at radius 2 is 1.61 bits per heavy atom. The first kappa shape index (κ1) is 20.4.